The lowest BCUT2D eigenvalue weighted by atomic mass is 10.1. The lowest BCUT2D eigenvalue weighted by Crippen LogP contribution is -2.32. The van der Waals surface area contributed by atoms with Gasteiger partial charge >= 0.3 is 5.97 Å². The van der Waals surface area contributed by atoms with Gasteiger partial charge in [0.25, 0.3) is 0 Å². The molecule has 0 radical (unpaired) electrons. The Bertz CT molecular complexity index is 989. The van der Waals surface area contributed by atoms with Crippen molar-refractivity contribution in [3.63, 3.8) is 0 Å². The largest absolute Gasteiger partial charge is 0.493 e. The number of ether oxygens (including phenoxy) is 2. The van der Waals surface area contributed by atoms with Crippen LogP contribution < -0.4 is 9.47 Å². The average molecular weight is 468 g/mol. The number of methoxy groups -OCH3 is 1. The summed E-state index contributed by atoms with van der Waals surface area (Å²) >= 11 is 0. The van der Waals surface area contributed by atoms with Crippen LogP contribution in [0.25, 0.3) is 0 Å². The van der Waals surface area contributed by atoms with E-state index in [1.165, 1.54) is 0 Å². The zero-order valence-electron chi connectivity index (χ0n) is 19.6. The first-order chi connectivity index (χ1) is 16.5. The van der Waals surface area contributed by atoms with Crippen LogP contribution in [0.5, 0.6) is 17.2 Å². The van der Waals surface area contributed by atoms with Crippen LogP contribution in [0.3, 0.4) is 0 Å². The number of carbonyl (C=O) groups is 2. The molecule has 0 saturated carbocycles. The number of para-hydroxylation sites is 2. The summed E-state index contributed by atoms with van der Waals surface area (Å²) in [7, 11) is 1.59. The van der Waals surface area contributed by atoms with Gasteiger partial charge in [0.2, 0.25) is 5.91 Å². The van der Waals surface area contributed by atoms with Crippen molar-refractivity contribution in [2.45, 2.75) is 57.1 Å². The number of carbonyl (C=O) groups excluding carboxylic acids is 1. The van der Waals surface area contributed by atoms with Crippen molar-refractivity contribution in [1.29, 1.82) is 0 Å². The highest BCUT2D eigenvalue weighted by atomic mass is 16.5. The molecule has 182 valence electrons. The standard InChI is InChI=1S/C27H33NO6/c1-33-24-11-5-6-12-25(24)34-22-10-8-9-20(19-22)23(29)16-14-21-15-17-26(30)28(21)18-7-3-2-4-13-27(31)32/h5-6,8-12,14,16,19,21,23,29H,2-4,7,13,15,17-18H2,1H3,(H,31,32)/t21?,23-/m1/s1. The fraction of sp³-hybridized carbons (Fsp3) is 0.407. The highest BCUT2D eigenvalue weighted by molar-refractivity contribution is 5.79. The molecular weight excluding hydrogens is 434 g/mol. The molecule has 34 heavy (non-hydrogen) atoms. The quantitative estimate of drug-likeness (QED) is 0.314. The predicted octanol–water partition coefficient (Wildman–Crippen LogP) is 5.10. The number of aliphatic hydroxyl groups excluding tert-OH is 1. The minimum absolute atomic E-state index is 0.0332. The molecule has 0 bridgehead atoms. The van der Waals surface area contributed by atoms with Crippen molar-refractivity contribution in [2.24, 2.45) is 0 Å². The van der Waals surface area contributed by atoms with Crippen LogP contribution in [0.2, 0.25) is 0 Å². The molecule has 1 aliphatic heterocycles. The molecule has 1 amide bonds. The summed E-state index contributed by atoms with van der Waals surface area (Å²) in [6, 6.07) is 14.6. The van der Waals surface area contributed by atoms with Crippen molar-refractivity contribution in [1.82, 2.24) is 4.90 Å². The number of nitrogens with zero attached hydrogens (tertiary/aromatic N) is 1. The minimum atomic E-state index is -0.824. The van der Waals surface area contributed by atoms with E-state index >= 15 is 0 Å². The maximum atomic E-state index is 12.3. The molecule has 1 heterocycles. The maximum Gasteiger partial charge on any atom is 0.303 e. The van der Waals surface area contributed by atoms with Gasteiger partial charge in [0, 0.05) is 19.4 Å². The number of unbranched alkanes of at least 4 members (excludes halogenated alkanes) is 3. The van der Waals surface area contributed by atoms with E-state index in [4.69, 9.17) is 14.6 Å². The molecular formula is C27H33NO6. The van der Waals surface area contributed by atoms with Crippen LogP contribution in [0.4, 0.5) is 0 Å². The Morgan fingerprint density at radius 2 is 1.88 bits per heavy atom. The maximum absolute atomic E-state index is 12.3. The monoisotopic (exact) mass is 467 g/mol. The van der Waals surface area contributed by atoms with Gasteiger partial charge < -0.3 is 24.6 Å². The smallest absolute Gasteiger partial charge is 0.303 e. The number of carboxylic acids is 1. The van der Waals surface area contributed by atoms with Gasteiger partial charge in [-0.1, -0.05) is 49.3 Å². The molecule has 2 atom stereocenters. The highest BCUT2D eigenvalue weighted by Gasteiger charge is 2.28. The third-order valence-electron chi connectivity index (χ3n) is 5.93. The summed E-state index contributed by atoms with van der Waals surface area (Å²) in [5.41, 5.74) is 0.693. The van der Waals surface area contributed by atoms with Crippen molar-refractivity contribution in [3.8, 4) is 17.2 Å². The molecule has 1 fully saturated rings. The first-order valence-electron chi connectivity index (χ1n) is 11.8. The number of benzene rings is 2. The average Bonchev–Trinajstić information content (AvgIpc) is 3.19. The molecule has 1 aliphatic rings. The van der Waals surface area contributed by atoms with Gasteiger partial charge in [-0.25, -0.2) is 0 Å². The van der Waals surface area contributed by atoms with Crippen molar-refractivity contribution in [2.75, 3.05) is 13.7 Å². The van der Waals surface area contributed by atoms with Gasteiger partial charge in [-0.2, -0.15) is 0 Å². The number of likely N-dealkylation sites (tertiary alicyclic amines) is 1. The van der Waals surface area contributed by atoms with Crippen LogP contribution in [-0.2, 0) is 9.59 Å². The number of carboxylic acid groups (broad SMARTS) is 1. The van der Waals surface area contributed by atoms with E-state index in [0.29, 0.717) is 42.2 Å². The van der Waals surface area contributed by atoms with Gasteiger partial charge in [-0.3, -0.25) is 9.59 Å². The predicted molar refractivity (Wildman–Crippen MR) is 129 cm³/mol. The van der Waals surface area contributed by atoms with Crippen molar-refractivity contribution in [3.05, 3.63) is 66.2 Å². The lowest BCUT2D eigenvalue weighted by molar-refractivity contribution is -0.137. The van der Waals surface area contributed by atoms with E-state index in [0.717, 1.165) is 25.7 Å². The van der Waals surface area contributed by atoms with Gasteiger partial charge in [-0.15, -0.1) is 0 Å². The Labute approximate surface area is 200 Å². The molecule has 7 heteroatoms. The second-order valence-electron chi connectivity index (χ2n) is 8.41. The van der Waals surface area contributed by atoms with Gasteiger partial charge in [0.15, 0.2) is 11.5 Å². The molecule has 0 spiro atoms. The van der Waals surface area contributed by atoms with Gasteiger partial charge in [-0.05, 0) is 49.1 Å². The van der Waals surface area contributed by atoms with E-state index in [1.54, 1.807) is 19.3 Å². The molecule has 1 saturated heterocycles. The Kier molecular flexibility index (Phi) is 9.52. The molecule has 0 aliphatic carbocycles. The van der Waals surface area contributed by atoms with E-state index in [1.807, 2.05) is 53.4 Å². The highest BCUT2D eigenvalue weighted by Crippen LogP contribution is 2.32. The minimum Gasteiger partial charge on any atom is -0.493 e. The molecule has 3 rings (SSSR count). The van der Waals surface area contributed by atoms with Gasteiger partial charge in [0.1, 0.15) is 5.75 Å². The number of aliphatic hydroxyl groups is 1. The topological polar surface area (TPSA) is 96.3 Å². The number of hydrogen-bond acceptors (Lipinski definition) is 5. The normalized spacial score (nSPS) is 16.7. The van der Waals surface area contributed by atoms with Crippen molar-refractivity contribution < 1.29 is 29.3 Å². The SMILES string of the molecule is COc1ccccc1Oc1cccc([C@H](O)C=CC2CCC(=O)N2CCCCCCC(=O)O)c1. The fourth-order valence-corrected chi connectivity index (χ4v) is 4.10. The summed E-state index contributed by atoms with van der Waals surface area (Å²) in [5, 5.41) is 19.4. The number of rotatable bonds is 13. The Morgan fingerprint density at radius 3 is 2.65 bits per heavy atom. The molecule has 2 aromatic carbocycles. The summed E-state index contributed by atoms with van der Waals surface area (Å²) in [4.78, 5) is 24.8. The molecule has 1 unspecified atom stereocenters. The van der Waals surface area contributed by atoms with Crippen LogP contribution in [0.15, 0.2) is 60.7 Å². The Balaban J connectivity index is 1.55. The van der Waals surface area contributed by atoms with Crippen LogP contribution in [0.1, 0.15) is 56.6 Å². The number of aliphatic carboxylic acids is 1. The summed E-state index contributed by atoms with van der Waals surface area (Å²) < 4.78 is 11.3. The number of amides is 1. The van der Waals surface area contributed by atoms with Gasteiger partial charge in [0.05, 0.1) is 19.3 Å². The zero-order chi connectivity index (χ0) is 24.3. The first-order valence-corrected chi connectivity index (χ1v) is 11.8. The third kappa shape index (κ3) is 7.35. The van der Waals surface area contributed by atoms with E-state index in [2.05, 4.69) is 0 Å². The second-order valence-corrected chi connectivity index (χ2v) is 8.41. The van der Waals surface area contributed by atoms with Crippen LogP contribution in [0, 0.1) is 0 Å². The second kappa shape index (κ2) is 12.8. The lowest BCUT2D eigenvalue weighted by Gasteiger charge is -2.22. The summed E-state index contributed by atoms with van der Waals surface area (Å²) in [6.07, 6.45) is 7.50. The van der Waals surface area contributed by atoms with Crippen molar-refractivity contribution >= 4 is 11.9 Å². The fourth-order valence-electron chi connectivity index (χ4n) is 4.10. The molecule has 2 aromatic rings. The number of hydrogen-bond donors (Lipinski definition) is 2. The van der Waals surface area contributed by atoms with E-state index < -0.39 is 12.1 Å². The summed E-state index contributed by atoms with van der Waals surface area (Å²) in [5.74, 6) is 1.17. The molecule has 0 aromatic heterocycles. The van der Waals surface area contributed by atoms with E-state index in [-0.39, 0.29) is 18.4 Å². The zero-order valence-corrected chi connectivity index (χ0v) is 19.6. The Hall–Kier alpha value is -3.32. The molecule has 7 nitrogen and oxygen atoms in total. The first kappa shape index (κ1) is 25.3. The summed E-state index contributed by atoms with van der Waals surface area (Å²) in [6.45, 7) is 0.652. The third-order valence-corrected chi connectivity index (χ3v) is 5.93. The van der Waals surface area contributed by atoms with Crippen LogP contribution >= 0.6 is 0 Å². The van der Waals surface area contributed by atoms with E-state index in [9.17, 15) is 14.7 Å². The van der Waals surface area contributed by atoms with Crippen LogP contribution in [-0.4, -0.2) is 46.7 Å². The Morgan fingerprint density at radius 1 is 1.12 bits per heavy atom. The molecule has 2 N–H and O–H groups in total.